The predicted molar refractivity (Wildman–Crippen MR) is 216 cm³/mol. The highest BCUT2D eigenvalue weighted by atomic mass is 16.7. The van der Waals surface area contributed by atoms with Crippen LogP contribution in [0.1, 0.15) is 96.8 Å². The summed E-state index contributed by atoms with van der Waals surface area (Å²) in [6, 6.07) is 10.8. The Morgan fingerprint density at radius 2 is 1.51 bits per heavy atom. The average Bonchev–Trinajstić information content (AvgIpc) is 4.03. The van der Waals surface area contributed by atoms with E-state index in [1.165, 1.54) is 75.6 Å². The summed E-state index contributed by atoms with van der Waals surface area (Å²) in [6.45, 7) is 13.7. The van der Waals surface area contributed by atoms with E-state index in [-0.39, 0.29) is 45.4 Å². The van der Waals surface area contributed by atoms with Gasteiger partial charge in [-0.1, -0.05) is 40.3 Å². The van der Waals surface area contributed by atoms with Crippen LogP contribution in [0.3, 0.4) is 0 Å². The van der Waals surface area contributed by atoms with E-state index in [0.29, 0.717) is 29.5 Å². The zero-order chi connectivity index (χ0) is 43.6. The summed E-state index contributed by atoms with van der Waals surface area (Å²) in [5.41, 5.74) is 6.73. The largest absolute Gasteiger partial charge is 0.496 e. The van der Waals surface area contributed by atoms with E-state index < -0.39 is 60.4 Å². The molecule has 3 amide bonds. The molecule has 3 unspecified atom stereocenters. The summed E-state index contributed by atoms with van der Waals surface area (Å²) in [5.74, 6) is -3.91. The number of aromatic nitrogens is 1. The van der Waals surface area contributed by atoms with Crippen LogP contribution in [-0.4, -0.2) is 78.9 Å². The first-order valence-electron chi connectivity index (χ1n) is 18.9. The van der Waals surface area contributed by atoms with Crippen molar-refractivity contribution in [1.82, 2.24) is 15.6 Å². The van der Waals surface area contributed by atoms with Gasteiger partial charge in [-0.2, -0.15) is 0 Å². The van der Waals surface area contributed by atoms with Gasteiger partial charge in [0, 0.05) is 53.9 Å². The van der Waals surface area contributed by atoms with Gasteiger partial charge in [0.2, 0.25) is 12.6 Å². The van der Waals surface area contributed by atoms with E-state index in [2.05, 4.69) is 27.5 Å². The van der Waals surface area contributed by atoms with Gasteiger partial charge in [0.05, 0.1) is 13.0 Å². The molecule has 314 valence electrons. The van der Waals surface area contributed by atoms with Crippen LogP contribution in [0, 0.1) is 23.2 Å². The number of ether oxygens (including phenoxy) is 5. The molecule has 0 spiro atoms. The number of benzene rings is 2. The lowest BCUT2D eigenvalue weighted by Gasteiger charge is -2.20. The molecule has 1 heterocycles. The minimum atomic E-state index is -1.40. The zero-order valence-electron chi connectivity index (χ0n) is 34.0. The number of nitrogens with zero attached hydrogens (tertiary/aromatic N) is 1. The van der Waals surface area contributed by atoms with E-state index in [4.69, 9.17) is 34.8 Å². The van der Waals surface area contributed by atoms with Crippen molar-refractivity contribution in [1.29, 1.82) is 5.41 Å². The zero-order valence-corrected chi connectivity index (χ0v) is 34.0. The first-order valence-corrected chi connectivity index (χ1v) is 18.9. The Morgan fingerprint density at radius 1 is 0.864 bits per heavy atom. The Labute approximate surface area is 341 Å². The lowest BCUT2D eigenvalue weighted by Crippen LogP contribution is -2.39. The maximum atomic E-state index is 14.1. The molecule has 1 aromatic heterocycles. The number of anilines is 1. The molecule has 17 heteroatoms. The maximum absolute atomic E-state index is 14.1. The number of alkyl carbamates (subject to hydrolysis) is 1. The SMILES string of the molecule is C=Cc1cc(C(=O)Nc2ccc(C(=N)NC(=O)OC(C)OC(=O)C(C)C)cc2)c(-c2ccc(C(=O)NCC3CC3)nc2C(=O)OC(C)OC(=O)C(N)C(C)C)cc1OC. The molecule has 59 heavy (non-hydrogen) atoms. The highest BCUT2D eigenvalue weighted by Crippen LogP contribution is 2.35. The van der Waals surface area contributed by atoms with Gasteiger partial charge < -0.3 is 40.1 Å². The third-order valence-electron chi connectivity index (χ3n) is 8.92. The molecule has 1 aliphatic rings. The van der Waals surface area contributed by atoms with Gasteiger partial charge in [0.15, 0.2) is 5.69 Å². The van der Waals surface area contributed by atoms with Crippen LogP contribution in [0.4, 0.5) is 10.5 Å². The van der Waals surface area contributed by atoms with Gasteiger partial charge in [-0.05, 0) is 73.2 Å². The number of amidine groups is 1. The predicted octanol–water partition coefficient (Wildman–Crippen LogP) is 5.42. The number of esters is 3. The van der Waals surface area contributed by atoms with Crippen molar-refractivity contribution in [3.8, 4) is 16.9 Å². The van der Waals surface area contributed by atoms with Crippen molar-refractivity contribution in [2.24, 2.45) is 23.5 Å². The standard InChI is InChI=1S/C42H50N6O11/c1-9-26-18-31(37(49)46-28-14-12-27(13-15-28)36(44)48-42(54)59-24(7)56-39(51)22(4)5)30(19-33(26)55-8)29-16-17-32(38(50)45-20-25-10-11-25)47-35(29)41(53)58-23(6)57-40(52)34(43)21(2)3/h9,12-19,21-25,34H,1,10-11,20,43H2,2-8H3,(H,45,50)(H,46,49)(H2,44,48,54). The first-order chi connectivity index (χ1) is 27.9. The molecular formula is C42H50N6O11. The number of hydrogen-bond acceptors (Lipinski definition) is 14. The molecule has 2 aromatic carbocycles. The topological polar surface area (TPSA) is 247 Å². The number of nitrogens with two attached hydrogens (primary N) is 1. The summed E-state index contributed by atoms with van der Waals surface area (Å²) in [6.07, 6.45) is -0.132. The van der Waals surface area contributed by atoms with E-state index in [0.717, 1.165) is 12.8 Å². The highest BCUT2D eigenvalue weighted by Gasteiger charge is 2.29. The fourth-order valence-electron chi connectivity index (χ4n) is 5.29. The molecule has 3 atom stereocenters. The summed E-state index contributed by atoms with van der Waals surface area (Å²) in [7, 11) is 1.42. The molecule has 17 nitrogen and oxygen atoms in total. The molecular weight excluding hydrogens is 764 g/mol. The molecule has 0 bridgehead atoms. The van der Waals surface area contributed by atoms with E-state index >= 15 is 0 Å². The van der Waals surface area contributed by atoms with Crippen molar-refractivity contribution in [3.63, 3.8) is 0 Å². The van der Waals surface area contributed by atoms with Crippen LogP contribution in [0.5, 0.6) is 5.75 Å². The van der Waals surface area contributed by atoms with Gasteiger partial charge in [-0.15, -0.1) is 0 Å². The number of amides is 3. The van der Waals surface area contributed by atoms with Gasteiger partial charge >= 0.3 is 24.0 Å². The lowest BCUT2D eigenvalue weighted by atomic mass is 9.94. The molecule has 1 saturated carbocycles. The number of carbonyl (C=O) groups excluding carboxylic acids is 6. The van der Waals surface area contributed by atoms with Gasteiger partial charge in [0.1, 0.15) is 23.3 Å². The Kier molecular flexibility index (Phi) is 15.4. The number of methoxy groups -OCH3 is 1. The van der Waals surface area contributed by atoms with E-state index in [9.17, 15) is 28.8 Å². The minimum Gasteiger partial charge on any atom is -0.496 e. The fourth-order valence-corrected chi connectivity index (χ4v) is 5.29. The molecule has 0 saturated heterocycles. The fraction of sp³-hybridized carbons (Fsp3) is 0.381. The monoisotopic (exact) mass is 814 g/mol. The summed E-state index contributed by atoms with van der Waals surface area (Å²) < 4.78 is 26.3. The van der Waals surface area contributed by atoms with Crippen molar-refractivity contribution < 1.29 is 52.5 Å². The third-order valence-corrected chi connectivity index (χ3v) is 8.92. The van der Waals surface area contributed by atoms with Crippen LogP contribution in [0.15, 0.2) is 55.1 Å². The van der Waals surface area contributed by atoms with Crippen LogP contribution in [-0.2, 0) is 28.5 Å². The van der Waals surface area contributed by atoms with Gasteiger partial charge in [-0.3, -0.25) is 29.9 Å². The highest BCUT2D eigenvalue weighted by molar-refractivity contribution is 6.11. The molecule has 0 aliphatic heterocycles. The van der Waals surface area contributed by atoms with Crippen molar-refractivity contribution in [2.75, 3.05) is 19.0 Å². The Morgan fingerprint density at radius 3 is 2.10 bits per heavy atom. The first kappa shape index (κ1) is 45.1. The van der Waals surface area contributed by atoms with Crippen molar-refractivity contribution >= 4 is 53.4 Å². The van der Waals surface area contributed by atoms with E-state index in [1.807, 2.05) is 0 Å². The summed E-state index contributed by atoms with van der Waals surface area (Å²) in [4.78, 5) is 82.0. The number of rotatable bonds is 17. The quantitative estimate of drug-likeness (QED) is 0.0495. The average molecular weight is 815 g/mol. The Balaban J connectivity index is 1.64. The number of carbonyl (C=O) groups is 6. The number of pyridine rings is 1. The lowest BCUT2D eigenvalue weighted by molar-refractivity contribution is -0.169. The molecule has 0 radical (unpaired) electrons. The van der Waals surface area contributed by atoms with Crippen molar-refractivity contribution in [2.45, 2.75) is 73.0 Å². The Hall–Kier alpha value is -6.62. The van der Waals surface area contributed by atoms with Crippen LogP contribution in [0.25, 0.3) is 17.2 Å². The number of nitrogens with one attached hydrogen (secondary N) is 4. The van der Waals surface area contributed by atoms with Gasteiger partial charge in [0.25, 0.3) is 11.8 Å². The van der Waals surface area contributed by atoms with Crippen LogP contribution in [0.2, 0.25) is 0 Å². The summed E-state index contributed by atoms with van der Waals surface area (Å²) >= 11 is 0. The molecule has 1 aliphatic carbocycles. The normalized spacial score (nSPS) is 13.6. The summed E-state index contributed by atoms with van der Waals surface area (Å²) in [5, 5.41) is 16.2. The van der Waals surface area contributed by atoms with E-state index in [1.54, 1.807) is 27.7 Å². The third kappa shape index (κ3) is 12.4. The molecule has 3 aromatic rings. The van der Waals surface area contributed by atoms with Gasteiger partial charge in [-0.25, -0.2) is 14.6 Å². The Bertz CT molecular complexity index is 2100. The van der Waals surface area contributed by atoms with Crippen molar-refractivity contribution in [3.05, 3.63) is 83.2 Å². The van der Waals surface area contributed by atoms with Crippen LogP contribution >= 0.6 is 0 Å². The molecule has 1 fully saturated rings. The molecule has 6 N–H and O–H groups in total. The van der Waals surface area contributed by atoms with Crippen LogP contribution < -0.4 is 26.4 Å². The second-order valence-electron chi connectivity index (χ2n) is 14.4. The second-order valence-corrected chi connectivity index (χ2v) is 14.4. The maximum Gasteiger partial charge on any atom is 0.415 e. The smallest absolute Gasteiger partial charge is 0.415 e. The second kappa shape index (κ2) is 20.2. The number of hydrogen-bond donors (Lipinski definition) is 5. The minimum absolute atomic E-state index is 0.0402. The molecule has 4 rings (SSSR count).